The third kappa shape index (κ3) is 2.98. The van der Waals surface area contributed by atoms with E-state index in [0.29, 0.717) is 17.9 Å². The molecule has 0 radical (unpaired) electrons. The maximum absolute atomic E-state index is 12.3. The average Bonchev–Trinajstić information content (AvgIpc) is 3.50. The summed E-state index contributed by atoms with van der Waals surface area (Å²) in [6.07, 6.45) is 1.99. The van der Waals surface area contributed by atoms with Gasteiger partial charge in [-0.2, -0.15) is 0 Å². The number of amides is 2. The van der Waals surface area contributed by atoms with E-state index in [1.165, 1.54) is 4.90 Å². The number of hydrogen-bond donors (Lipinski definition) is 3. The Labute approximate surface area is 176 Å². The number of nitrogens with two attached hydrogens (primary N) is 1. The summed E-state index contributed by atoms with van der Waals surface area (Å²) in [5, 5.41) is 15.7. The van der Waals surface area contributed by atoms with Crippen molar-refractivity contribution in [1.82, 2.24) is 20.0 Å². The number of aromatic nitrogens is 3. The highest BCUT2D eigenvalue weighted by Gasteiger charge is 2.48. The number of fused-ring (bicyclic) bond motifs is 1. The first-order chi connectivity index (χ1) is 14.9. The number of aliphatic hydroxyl groups is 1. The number of benzene rings is 1. The lowest BCUT2D eigenvalue weighted by Crippen LogP contribution is -2.35. The van der Waals surface area contributed by atoms with Crippen molar-refractivity contribution in [3.05, 3.63) is 60.1 Å². The molecule has 0 aliphatic carbocycles. The van der Waals surface area contributed by atoms with E-state index in [1.54, 1.807) is 25.4 Å². The molecule has 31 heavy (non-hydrogen) atoms. The van der Waals surface area contributed by atoms with Crippen molar-refractivity contribution >= 4 is 22.8 Å². The van der Waals surface area contributed by atoms with Crippen LogP contribution in [0.15, 0.2) is 53.2 Å². The van der Waals surface area contributed by atoms with Crippen LogP contribution in [0.2, 0.25) is 0 Å². The Bertz CT molecular complexity index is 1340. The maximum Gasteiger partial charge on any atom is 0.267 e. The van der Waals surface area contributed by atoms with Crippen LogP contribution in [0.5, 0.6) is 0 Å². The Morgan fingerprint density at radius 1 is 1.26 bits per heavy atom. The summed E-state index contributed by atoms with van der Waals surface area (Å²) >= 11 is 0. The molecule has 156 valence electrons. The summed E-state index contributed by atoms with van der Waals surface area (Å²) in [6, 6.07) is 12.6. The first-order valence-electron chi connectivity index (χ1n) is 9.71. The minimum Gasteiger partial charge on any atom is -0.373 e. The number of primary amides is 1. The number of nitrogens with zero attached hydrogens (tertiary/aromatic N) is 3. The third-order valence-electron chi connectivity index (χ3n) is 5.68. The van der Waals surface area contributed by atoms with Crippen molar-refractivity contribution in [3.8, 4) is 22.4 Å². The molecular formula is C22H19N5O4. The summed E-state index contributed by atoms with van der Waals surface area (Å²) < 4.78 is 5.36. The van der Waals surface area contributed by atoms with Crippen LogP contribution >= 0.6 is 0 Å². The molecule has 5 rings (SSSR count). The quantitative estimate of drug-likeness (QED) is 0.464. The molecule has 4 aromatic rings. The lowest BCUT2D eigenvalue weighted by Gasteiger charge is -2.16. The van der Waals surface area contributed by atoms with Crippen LogP contribution in [0.4, 0.5) is 0 Å². The predicted octanol–water partition coefficient (Wildman–Crippen LogP) is 2.03. The molecule has 3 aromatic heterocycles. The van der Waals surface area contributed by atoms with E-state index in [2.05, 4.69) is 15.1 Å². The molecule has 0 saturated carbocycles. The normalized spacial score (nSPS) is 18.8. The number of rotatable bonds is 4. The number of hydrogen-bond acceptors (Lipinski definition) is 6. The number of aromatic amines is 1. The van der Waals surface area contributed by atoms with E-state index in [-0.39, 0.29) is 17.9 Å². The van der Waals surface area contributed by atoms with Gasteiger partial charge in [0.25, 0.3) is 11.8 Å². The molecule has 9 nitrogen and oxygen atoms in total. The van der Waals surface area contributed by atoms with Crippen LogP contribution in [0, 0.1) is 0 Å². The highest BCUT2D eigenvalue weighted by atomic mass is 16.5. The zero-order chi connectivity index (χ0) is 21.8. The molecule has 0 bridgehead atoms. The molecule has 0 unspecified atom stereocenters. The van der Waals surface area contributed by atoms with E-state index in [4.69, 9.17) is 10.3 Å². The number of pyridine rings is 1. The van der Waals surface area contributed by atoms with E-state index in [0.717, 1.165) is 22.1 Å². The van der Waals surface area contributed by atoms with Gasteiger partial charge < -0.3 is 25.2 Å². The molecule has 1 aliphatic heterocycles. The second-order valence-electron chi connectivity index (χ2n) is 7.65. The molecule has 4 N–H and O–H groups in total. The zero-order valence-corrected chi connectivity index (χ0v) is 16.6. The van der Waals surface area contributed by atoms with Crippen LogP contribution in [-0.2, 0) is 10.4 Å². The SMILES string of the molecule is CN1CC[C@@](O)(c2cc(-c3cccc(-c4cc(C(N)=O)nc5[nH]ccc45)c3)no2)C1=O. The summed E-state index contributed by atoms with van der Waals surface area (Å²) in [6.45, 7) is 0.442. The number of likely N-dealkylation sites (N-methyl/N-ethyl adjacent to an activating group) is 1. The van der Waals surface area contributed by atoms with Crippen LogP contribution < -0.4 is 5.73 Å². The molecule has 1 aliphatic rings. The Morgan fingerprint density at radius 2 is 2.06 bits per heavy atom. The first kappa shape index (κ1) is 19.0. The zero-order valence-electron chi connectivity index (χ0n) is 16.6. The monoisotopic (exact) mass is 417 g/mol. The van der Waals surface area contributed by atoms with E-state index in [9.17, 15) is 14.7 Å². The molecular weight excluding hydrogens is 398 g/mol. The van der Waals surface area contributed by atoms with Crippen molar-refractivity contribution in [1.29, 1.82) is 0 Å². The minimum atomic E-state index is -1.70. The van der Waals surface area contributed by atoms with Gasteiger partial charge in [0.1, 0.15) is 17.0 Å². The largest absolute Gasteiger partial charge is 0.373 e. The van der Waals surface area contributed by atoms with Crippen molar-refractivity contribution in [2.24, 2.45) is 5.73 Å². The molecule has 9 heteroatoms. The summed E-state index contributed by atoms with van der Waals surface area (Å²) in [4.78, 5) is 32.8. The summed E-state index contributed by atoms with van der Waals surface area (Å²) in [7, 11) is 1.64. The predicted molar refractivity (Wildman–Crippen MR) is 112 cm³/mol. The van der Waals surface area contributed by atoms with Gasteiger partial charge in [0.2, 0.25) is 5.60 Å². The highest BCUT2D eigenvalue weighted by molar-refractivity contribution is 6.00. The van der Waals surface area contributed by atoms with Gasteiger partial charge in [-0.3, -0.25) is 9.59 Å². The lowest BCUT2D eigenvalue weighted by molar-refractivity contribution is -0.144. The average molecular weight is 417 g/mol. The van der Waals surface area contributed by atoms with Gasteiger partial charge >= 0.3 is 0 Å². The summed E-state index contributed by atoms with van der Waals surface area (Å²) in [5.74, 6) is -0.903. The Balaban J connectivity index is 1.57. The maximum atomic E-state index is 12.3. The molecule has 1 aromatic carbocycles. The fourth-order valence-corrected chi connectivity index (χ4v) is 3.94. The van der Waals surface area contributed by atoms with E-state index >= 15 is 0 Å². The number of nitrogens with one attached hydrogen (secondary N) is 1. The minimum absolute atomic E-state index is 0.121. The lowest BCUT2D eigenvalue weighted by atomic mass is 9.96. The fraction of sp³-hybridized carbons (Fsp3) is 0.182. The number of carbonyl (C=O) groups is 2. The van der Waals surface area contributed by atoms with Crippen molar-refractivity contribution in [2.45, 2.75) is 12.0 Å². The highest BCUT2D eigenvalue weighted by Crippen LogP contribution is 2.36. The smallest absolute Gasteiger partial charge is 0.267 e. The standard InChI is InChI=1S/C22H19N5O4/c1-27-8-6-22(30,21(27)29)18-11-16(26-31-18)13-4-2-3-12(9-13)15-10-17(19(23)28)25-20-14(15)5-7-24-20/h2-5,7,9-11,30H,6,8H2,1H3,(H2,23,28)(H,24,25)/t22-/m1/s1. The topological polar surface area (TPSA) is 138 Å². The van der Waals surface area contributed by atoms with Crippen molar-refractivity contribution < 1.29 is 19.2 Å². The number of carbonyl (C=O) groups excluding carboxylic acids is 2. The van der Waals surface area contributed by atoms with Gasteiger partial charge in [-0.25, -0.2) is 4.98 Å². The molecule has 2 amide bonds. The van der Waals surface area contributed by atoms with Crippen LogP contribution in [0.3, 0.4) is 0 Å². The number of likely N-dealkylation sites (tertiary alicyclic amines) is 1. The van der Waals surface area contributed by atoms with Gasteiger partial charge in [-0.05, 0) is 29.3 Å². The first-order valence-corrected chi connectivity index (χ1v) is 9.71. The second-order valence-corrected chi connectivity index (χ2v) is 7.65. The Kier molecular flexibility index (Phi) is 4.16. The van der Waals surface area contributed by atoms with Crippen LogP contribution in [0.25, 0.3) is 33.4 Å². The van der Waals surface area contributed by atoms with Gasteiger partial charge in [0, 0.05) is 43.2 Å². The van der Waals surface area contributed by atoms with E-state index < -0.39 is 17.4 Å². The third-order valence-corrected chi connectivity index (χ3v) is 5.68. The van der Waals surface area contributed by atoms with E-state index in [1.807, 2.05) is 30.3 Å². The summed E-state index contributed by atoms with van der Waals surface area (Å²) in [5.41, 5.74) is 7.30. The van der Waals surface area contributed by atoms with Gasteiger partial charge in [-0.15, -0.1) is 0 Å². The van der Waals surface area contributed by atoms with Crippen LogP contribution in [0.1, 0.15) is 22.7 Å². The van der Waals surface area contributed by atoms with Gasteiger partial charge in [0.05, 0.1) is 0 Å². The van der Waals surface area contributed by atoms with Crippen molar-refractivity contribution in [2.75, 3.05) is 13.6 Å². The molecule has 4 heterocycles. The molecule has 1 fully saturated rings. The number of H-pyrrole nitrogens is 1. The Morgan fingerprint density at radius 3 is 2.81 bits per heavy atom. The fourth-order valence-electron chi connectivity index (χ4n) is 3.94. The molecule has 0 spiro atoms. The van der Waals surface area contributed by atoms with Gasteiger partial charge in [-0.1, -0.05) is 23.4 Å². The van der Waals surface area contributed by atoms with Crippen LogP contribution in [-0.4, -0.2) is 50.5 Å². The molecule has 1 atom stereocenters. The Hall–Kier alpha value is -3.98. The molecule has 1 saturated heterocycles. The second kappa shape index (κ2) is 6.78. The van der Waals surface area contributed by atoms with Crippen molar-refractivity contribution in [3.63, 3.8) is 0 Å². The van der Waals surface area contributed by atoms with Gasteiger partial charge in [0.15, 0.2) is 5.76 Å².